The maximum Gasteiger partial charge on any atom is 0.179 e. The van der Waals surface area contributed by atoms with Gasteiger partial charge in [0, 0.05) is 53.3 Å². The molecule has 2 saturated heterocycles. The third-order valence-corrected chi connectivity index (χ3v) is 7.10. The number of Topliss-reactive ketones (excluding diaryl/α,β-unsaturated/α-hetero) is 1. The average Bonchev–Trinajstić information content (AvgIpc) is 3.25. The van der Waals surface area contributed by atoms with Crippen LogP contribution in [0.3, 0.4) is 0 Å². The number of nitrogens with zero attached hydrogens (tertiary/aromatic N) is 2. The van der Waals surface area contributed by atoms with Crippen molar-refractivity contribution in [3.63, 3.8) is 0 Å². The Hall–Kier alpha value is -2.96. The molecule has 2 fully saturated rings. The number of carbonyl (C=O) groups is 1. The van der Waals surface area contributed by atoms with Gasteiger partial charge in [-0.15, -0.1) is 0 Å². The van der Waals surface area contributed by atoms with E-state index in [4.69, 9.17) is 19.6 Å². The Bertz CT molecular complexity index is 1270. The summed E-state index contributed by atoms with van der Waals surface area (Å²) in [5, 5.41) is 4.53. The van der Waals surface area contributed by atoms with E-state index in [1.54, 1.807) is 31.2 Å². The van der Waals surface area contributed by atoms with Crippen LogP contribution in [0.4, 0.5) is 5.69 Å². The van der Waals surface area contributed by atoms with E-state index in [-0.39, 0.29) is 16.9 Å². The molecule has 2 aromatic carbocycles. The highest BCUT2D eigenvalue weighted by Gasteiger charge is 2.39. The van der Waals surface area contributed by atoms with Gasteiger partial charge in [-0.3, -0.25) is 4.79 Å². The van der Waals surface area contributed by atoms with E-state index in [2.05, 4.69) is 16.3 Å². The standard InChI is InChI=1S/C27H32N4O2/c1-18(28)26(32)20-6-4-19(5-7-20)23-15-25(22-9-8-21(33-2)14-24(22)30-23)31-13-11-27(17-31)10-3-12-29-16-27/h4-9,14-15,18,29H,3,10-13,16-17,28H2,1-2H3/i2D3. The Morgan fingerprint density at radius 2 is 2.09 bits per heavy atom. The third-order valence-electron chi connectivity index (χ3n) is 7.10. The number of nitrogens with two attached hydrogens (primary N) is 1. The van der Waals surface area contributed by atoms with Gasteiger partial charge in [0.2, 0.25) is 0 Å². The molecule has 3 N–H and O–H groups in total. The smallest absolute Gasteiger partial charge is 0.179 e. The highest BCUT2D eigenvalue weighted by atomic mass is 16.5. The van der Waals surface area contributed by atoms with E-state index < -0.39 is 13.1 Å². The van der Waals surface area contributed by atoms with E-state index in [0.29, 0.717) is 11.1 Å². The van der Waals surface area contributed by atoms with Gasteiger partial charge in [0.25, 0.3) is 0 Å². The van der Waals surface area contributed by atoms with Crippen LogP contribution < -0.4 is 20.7 Å². The Morgan fingerprint density at radius 1 is 1.24 bits per heavy atom. The second kappa shape index (κ2) is 8.76. The van der Waals surface area contributed by atoms with Crippen molar-refractivity contribution in [3.8, 4) is 17.0 Å². The van der Waals surface area contributed by atoms with Crippen molar-refractivity contribution in [2.75, 3.05) is 38.1 Å². The minimum atomic E-state index is -2.54. The van der Waals surface area contributed by atoms with E-state index in [9.17, 15) is 4.79 Å². The molecule has 0 bridgehead atoms. The van der Waals surface area contributed by atoms with Gasteiger partial charge in [-0.1, -0.05) is 24.3 Å². The number of rotatable bonds is 5. The van der Waals surface area contributed by atoms with Gasteiger partial charge in [0.05, 0.1) is 28.4 Å². The quantitative estimate of drug-likeness (QED) is 0.575. The van der Waals surface area contributed by atoms with Gasteiger partial charge in [0.15, 0.2) is 5.78 Å². The summed E-state index contributed by atoms with van der Waals surface area (Å²) < 4.78 is 27.6. The molecule has 2 atom stereocenters. The number of pyridine rings is 1. The minimum Gasteiger partial charge on any atom is -0.497 e. The molecule has 5 rings (SSSR count). The molecule has 6 heteroatoms. The molecule has 2 aliphatic rings. The predicted molar refractivity (Wildman–Crippen MR) is 133 cm³/mol. The van der Waals surface area contributed by atoms with Crippen LogP contribution in [0, 0.1) is 5.41 Å². The van der Waals surface area contributed by atoms with Gasteiger partial charge in [-0.05, 0) is 50.9 Å². The molecule has 1 spiro atoms. The first-order valence-electron chi connectivity index (χ1n) is 13.1. The number of methoxy groups -OCH3 is 1. The van der Waals surface area contributed by atoms with Crippen molar-refractivity contribution in [2.45, 2.75) is 32.2 Å². The minimum absolute atomic E-state index is 0.108. The Morgan fingerprint density at radius 3 is 2.82 bits per heavy atom. The highest BCUT2D eigenvalue weighted by Crippen LogP contribution is 2.41. The van der Waals surface area contributed by atoms with E-state index >= 15 is 0 Å². The lowest BCUT2D eigenvalue weighted by Gasteiger charge is -2.34. The normalized spacial score (nSPS) is 23.2. The Kier molecular flexibility index (Phi) is 4.90. The third kappa shape index (κ3) is 4.21. The molecule has 0 amide bonds. The fourth-order valence-electron chi connectivity index (χ4n) is 5.25. The lowest BCUT2D eigenvalue weighted by atomic mass is 9.80. The second-order valence-electron chi connectivity index (χ2n) is 9.49. The van der Waals surface area contributed by atoms with Crippen LogP contribution in [-0.2, 0) is 0 Å². The maximum absolute atomic E-state index is 12.3. The molecular weight excluding hydrogens is 412 g/mol. The Balaban J connectivity index is 1.56. The van der Waals surface area contributed by atoms with Crippen LogP contribution in [0.5, 0.6) is 5.75 Å². The van der Waals surface area contributed by atoms with Gasteiger partial charge in [-0.2, -0.15) is 0 Å². The fourth-order valence-corrected chi connectivity index (χ4v) is 5.25. The molecule has 3 heterocycles. The number of aromatic nitrogens is 1. The molecule has 0 radical (unpaired) electrons. The number of carbonyl (C=O) groups excluding carboxylic acids is 1. The predicted octanol–water partition coefficient (Wildman–Crippen LogP) is 4.02. The van der Waals surface area contributed by atoms with Crippen LogP contribution >= 0.6 is 0 Å². The van der Waals surface area contributed by atoms with E-state index in [1.165, 1.54) is 12.8 Å². The summed E-state index contributed by atoms with van der Waals surface area (Å²) in [5.41, 5.74) is 9.98. The number of benzene rings is 2. The van der Waals surface area contributed by atoms with Crippen molar-refractivity contribution >= 4 is 22.4 Å². The van der Waals surface area contributed by atoms with Crippen LogP contribution in [0.15, 0.2) is 48.5 Å². The van der Waals surface area contributed by atoms with E-state index in [0.717, 1.165) is 54.9 Å². The Labute approximate surface area is 199 Å². The van der Waals surface area contributed by atoms with Gasteiger partial charge in [-0.25, -0.2) is 4.98 Å². The molecular formula is C27H32N4O2. The SMILES string of the molecule is [2H]C([2H])([2H])Oc1ccc2c(N3CCC4(CCCNC4)C3)cc(-c3ccc(C(=O)C(C)N)cc3)nc2c1. The molecule has 1 aromatic heterocycles. The molecule has 2 aliphatic heterocycles. The summed E-state index contributed by atoms with van der Waals surface area (Å²) in [6.07, 6.45) is 3.55. The summed E-state index contributed by atoms with van der Waals surface area (Å²) in [7, 11) is -2.54. The number of hydrogen-bond donors (Lipinski definition) is 2. The number of fused-ring (bicyclic) bond motifs is 1. The molecule has 0 aliphatic carbocycles. The monoisotopic (exact) mass is 447 g/mol. The highest BCUT2D eigenvalue weighted by molar-refractivity contribution is 6.00. The number of ketones is 1. The molecule has 33 heavy (non-hydrogen) atoms. The van der Waals surface area contributed by atoms with Crippen molar-refractivity contribution in [1.29, 1.82) is 0 Å². The largest absolute Gasteiger partial charge is 0.497 e. The number of ether oxygens (including phenoxy) is 1. The van der Waals surface area contributed by atoms with Crippen molar-refractivity contribution in [3.05, 3.63) is 54.1 Å². The summed E-state index contributed by atoms with van der Waals surface area (Å²) >= 11 is 0. The zero-order chi connectivity index (χ0) is 25.5. The fraction of sp³-hybridized carbons (Fsp3) is 0.407. The number of anilines is 1. The van der Waals surface area contributed by atoms with Crippen LogP contribution in [0.25, 0.3) is 22.2 Å². The van der Waals surface area contributed by atoms with Crippen molar-refractivity contribution in [2.24, 2.45) is 11.1 Å². The maximum atomic E-state index is 12.3. The van der Waals surface area contributed by atoms with Crippen molar-refractivity contribution < 1.29 is 13.6 Å². The lowest BCUT2D eigenvalue weighted by Crippen LogP contribution is -2.41. The summed E-state index contributed by atoms with van der Waals surface area (Å²) in [4.78, 5) is 19.6. The first kappa shape index (κ1) is 18.5. The number of nitrogens with one attached hydrogen (secondary N) is 1. The summed E-state index contributed by atoms with van der Waals surface area (Å²) in [6.45, 7) is 5.71. The van der Waals surface area contributed by atoms with Crippen LogP contribution in [-0.4, -0.2) is 50.0 Å². The van der Waals surface area contributed by atoms with E-state index in [1.807, 2.05) is 18.2 Å². The zero-order valence-electron chi connectivity index (χ0n) is 21.9. The second-order valence-corrected chi connectivity index (χ2v) is 9.49. The lowest BCUT2D eigenvalue weighted by molar-refractivity contribution is 0.0968. The first-order valence-corrected chi connectivity index (χ1v) is 11.6. The number of hydrogen-bond acceptors (Lipinski definition) is 6. The topological polar surface area (TPSA) is 80.5 Å². The van der Waals surface area contributed by atoms with Crippen LogP contribution in [0.1, 0.15) is 40.7 Å². The van der Waals surface area contributed by atoms with Crippen molar-refractivity contribution in [1.82, 2.24) is 10.3 Å². The first-order chi connectivity index (χ1) is 17.1. The molecule has 172 valence electrons. The zero-order valence-corrected chi connectivity index (χ0v) is 18.9. The van der Waals surface area contributed by atoms with Gasteiger partial charge >= 0.3 is 0 Å². The molecule has 6 nitrogen and oxygen atoms in total. The van der Waals surface area contributed by atoms with Crippen LogP contribution in [0.2, 0.25) is 0 Å². The summed E-state index contributed by atoms with van der Waals surface area (Å²) in [6, 6.07) is 14.1. The molecule has 2 unspecified atom stereocenters. The molecule has 3 aromatic rings. The summed E-state index contributed by atoms with van der Waals surface area (Å²) in [5.74, 6) is 0.147. The van der Waals surface area contributed by atoms with Gasteiger partial charge < -0.3 is 20.7 Å². The number of piperidine rings is 1. The molecule has 0 saturated carbocycles. The van der Waals surface area contributed by atoms with Gasteiger partial charge in [0.1, 0.15) is 5.75 Å². The average molecular weight is 448 g/mol.